The highest BCUT2D eigenvalue weighted by atomic mass is 35.5. The van der Waals surface area contributed by atoms with E-state index in [1.807, 2.05) is 0 Å². The Hall–Kier alpha value is -3.34. The first-order valence-electron chi connectivity index (χ1n) is 11.1. The van der Waals surface area contributed by atoms with Gasteiger partial charge in [-0.3, -0.25) is 9.59 Å². The van der Waals surface area contributed by atoms with Crippen LogP contribution in [0.1, 0.15) is 37.2 Å². The number of alkyl halides is 3. The van der Waals surface area contributed by atoms with Crippen LogP contribution in [-0.4, -0.2) is 44.6 Å². The van der Waals surface area contributed by atoms with E-state index in [2.05, 4.69) is 15.4 Å². The third-order valence-electron chi connectivity index (χ3n) is 6.68. The number of ketones is 2. The van der Waals surface area contributed by atoms with E-state index in [0.717, 1.165) is 6.07 Å². The average Bonchev–Trinajstić information content (AvgIpc) is 3.29. The topological polar surface area (TPSA) is 87.0 Å². The molecule has 36 heavy (non-hydrogen) atoms. The van der Waals surface area contributed by atoms with Crippen LogP contribution in [0, 0.1) is 11.2 Å². The molecule has 7 nitrogen and oxygen atoms in total. The summed E-state index contributed by atoms with van der Waals surface area (Å²) in [6.07, 6.45) is -5.25. The van der Waals surface area contributed by atoms with Crippen LogP contribution in [0.2, 0.25) is 5.02 Å². The lowest BCUT2D eigenvalue weighted by molar-refractivity contribution is -0.172. The van der Waals surface area contributed by atoms with Crippen molar-refractivity contribution < 1.29 is 31.9 Å². The standard InChI is InChI=1S/C24H19ClF4N4O3/c1-33-31-22(30-32-33)21-16(8-14(25)9-17(21)26)12-2-3-15-13(11-36-18(15)6-12)7-19(34)23(4-5-23)10-20(35)24(27,28)29/h2-3,6,8-9,13H,4-5,7,10-11H2,1H3. The van der Waals surface area contributed by atoms with E-state index in [0.29, 0.717) is 22.4 Å². The monoisotopic (exact) mass is 522 g/mol. The van der Waals surface area contributed by atoms with Gasteiger partial charge in [-0.25, -0.2) is 4.39 Å². The molecular formula is C24H19ClF4N4O3. The maximum atomic E-state index is 14.9. The van der Waals surface area contributed by atoms with E-state index in [1.165, 1.54) is 4.80 Å². The Morgan fingerprint density at radius 3 is 2.61 bits per heavy atom. The predicted octanol–water partition coefficient (Wildman–Crippen LogP) is 5.07. The molecule has 1 aliphatic heterocycles. The molecule has 0 bridgehead atoms. The predicted molar refractivity (Wildman–Crippen MR) is 120 cm³/mol. The Morgan fingerprint density at radius 1 is 1.22 bits per heavy atom. The van der Waals surface area contributed by atoms with Crippen LogP contribution in [0.3, 0.4) is 0 Å². The number of Topliss-reactive ketones (excluding diaryl/α,β-unsaturated/α-hetero) is 2. The molecule has 2 aromatic carbocycles. The number of aromatic nitrogens is 4. The zero-order valence-corrected chi connectivity index (χ0v) is 19.7. The third kappa shape index (κ3) is 4.47. The normalized spacial score (nSPS) is 18.0. The van der Waals surface area contributed by atoms with Crippen LogP contribution < -0.4 is 4.74 Å². The van der Waals surface area contributed by atoms with Crippen molar-refractivity contribution in [1.82, 2.24) is 20.2 Å². The zero-order valence-electron chi connectivity index (χ0n) is 18.9. The Labute approximate surface area is 207 Å². The van der Waals surface area contributed by atoms with Crippen molar-refractivity contribution >= 4 is 23.2 Å². The number of nitrogens with zero attached hydrogens (tertiary/aromatic N) is 4. The number of carbonyl (C=O) groups excluding carboxylic acids is 2. The van der Waals surface area contributed by atoms with Crippen LogP contribution in [0.15, 0.2) is 30.3 Å². The first kappa shape index (κ1) is 24.4. The second-order valence-electron chi connectivity index (χ2n) is 9.18. The molecule has 1 atom stereocenters. The summed E-state index contributed by atoms with van der Waals surface area (Å²) in [5, 5.41) is 11.9. The fourth-order valence-corrected chi connectivity index (χ4v) is 4.78. The quantitative estimate of drug-likeness (QED) is 0.403. The number of hydrogen-bond donors (Lipinski definition) is 0. The van der Waals surface area contributed by atoms with E-state index in [4.69, 9.17) is 16.3 Å². The third-order valence-corrected chi connectivity index (χ3v) is 6.90. The van der Waals surface area contributed by atoms with E-state index in [9.17, 15) is 27.2 Å². The average molecular weight is 523 g/mol. The van der Waals surface area contributed by atoms with E-state index < -0.39 is 29.6 Å². The van der Waals surface area contributed by atoms with Crippen molar-refractivity contribution in [2.45, 2.75) is 37.8 Å². The van der Waals surface area contributed by atoms with Gasteiger partial charge in [0, 0.05) is 34.8 Å². The van der Waals surface area contributed by atoms with Gasteiger partial charge in [-0.05, 0) is 47.4 Å². The largest absolute Gasteiger partial charge is 0.493 e. The summed E-state index contributed by atoms with van der Waals surface area (Å²) in [5.74, 6) is -2.67. The molecule has 0 spiro atoms. The molecule has 2 heterocycles. The first-order valence-corrected chi connectivity index (χ1v) is 11.5. The van der Waals surface area contributed by atoms with Gasteiger partial charge in [-0.15, -0.1) is 10.2 Å². The summed E-state index contributed by atoms with van der Waals surface area (Å²) in [5.41, 5.74) is 0.584. The summed E-state index contributed by atoms with van der Waals surface area (Å²) >= 11 is 6.11. The summed E-state index contributed by atoms with van der Waals surface area (Å²) in [6.45, 7) is 0.163. The number of aryl methyl sites for hydroxylation is 1. The van der Waals surface area contributed by atoms with E-state index >= 15 is 0 Å². The summed E-state index contributed by atoms with van der Waals surface area (Å²) in [4.78, 5) is 25.5. The molecule has 0 amide bonds. The lowest BCUT2D eigenvalue weighted by Crippen LogP contribution is -2.30. The van der Waals surface area contributed by atoms with Crippen molar-refractivity contribution in [3.8, 4) is 28.3 Å². The van der Waals surface area contributed by atoms with E-state index in [-0.39, 0.29) is 54.0 Å². The highest BCUT2D eigenvalue weighted by Crippen LogP contribution is 2.53. The molecule has 2 aliphatic rings. The molecule has 1 aliphatic carbocycles. The van der Waals surface area contributed by atoms with Gasteiger partial charge in [0.2, 0.25) is 11.6 Å². The van der Waals surface area contributed by atoms with E-state index in [1.54, 1.807) is 31.3 Å². The Kier molecular flexibility index (Phi) is 5.85. The smallest absolute Gasteiger partial charge is 0.450 e. The number of ether oxygens (including phenoxy) is 1. The Balaban J connectivity index is 1.40. The van der Waals surface area contributed by atoms with Gasteiger partial charge in [-0.2, -0.15) is 18.0 Å². The fraction of sp³-hybridized carbons (Fsp3) is 0.375. The summed E-state index contributed by atoms with van der Waals surface area (Å²) < 4.78 is 58.8. The van der Waals surface area contributed by atoms with Crippen LogP contribution in [0.25, 0.3) is 22.5 Å². The maximum Gasteiger partial charge on any atom is 0.450 e. The van der Waals surface area contributed by atoms with Gasteiger partial charge in [-0.1, -0.05) is 23.7 Å². The minimum atomic E-state index is -4.95. The maximum absolute atomic E-state index is 14.9. The van der Waals surface area contributed by atoms with Gasteiger partial charge in [0.25, 0.3) is 0 Å². The van der Waals surface area contributed by atoms with Gasteiger partial charge < -0.3 is 4.74 Å². The van der Waals surface area contributed by atoms with Crippen molar-refractivity contribution in [2.75, 3.05) is 6.61 Å². The van der Waals surface area contributed by atoms with Crippen molar-refractivity contribution in [2.24, 2.45) is 12.5 Å². The lowest BCUT2D eigenvalue weighted by Gasteiger charge is -2.17. The molecule has 1 aromatic heterocycles. The molecule has 5 rings (SSSR count). The highest BCUT2D eigenvalue weighted by molar-refractivity contribution is 6.31. The zero-order chi connectivity index (χ0) is 25.8. The van der Waals surface area contributed by atoms with Crippen molar-refractivity contribution in [1.29, 1.82) is 0 Å². The van der Waals surface area contributed by atoms with Crippen LogP contribution in [0.5, 0.6) is 5.75 Å². The van der Waals surface area contributed by atoms with Gasteiger partial charge in [0.15, 0.2) is 0 Å². The summed E-state index contributed by atoms with van der Waals surface area (Å²) in [6, 6.07) is 7.87. The number of tetrazole rings is 1. The molecule has 1 saturated carbocycles. The van der Waals surface area contributed by atoms with Crippen LogP contribution in [-0.2, 0) is 16.6 Å². The molecule has 1 unspecified atom stereocenters. The molecule has 188 valence electrons. The van der Waals surface area contributed by atoms with Gasteiger partial charge >= 0.3 is 6.18 Å². The second kappa shape index (κ2) is 8.65. The molecule has 0 radical (unpaired) electrons. The molecule has 0 N–H and O–H groups in total. The molecule has 0 saturated heterocycles. The highest BCUT2D eigenvalue weighted by Gasteiger charge is 2.55. The molecule has 3 aromatic rings. The molecule has 12 heteroatoms. The number of rotatable bonds is 7. The Morgan fingerprint density at radius 2 is 1.97 bits per heavy atom. The number of halogens is 5. The fourth-order valence-electron chi connectivity index (χ4n) is 4.58. The van der Waals surface area contributed by atoms with Crippen molar-refractivity contribution in [3.63, 3.8) is 0 Å². The first-order chi connectivity index (χ1) is 17.0. The minimum absolute atomic E-state index is 0.0297. The minimum Gasteiger partial charge on any atom is -0.493 e. The number of hydrogen-bond acceptors (Lipinski definition) is 6. The van der Waals surface area contributed by atoms with Gasteiger partial charge in [0.1, 0.15) is 17.3 Å². The number of benzene rings is 2. The summed E-state index contributed by atoms with van der Waals surface area (Å²) in [7, 11) is 1.56. The van der Waals surface area contributed by atoms with Gasteiger partial charge in [0.05, 0.1) is 19.2 Å². The van der Waals surface area contributed by atoms with Crippen LogP contribution >= 0.6 is 11.6 Å². The lowest BCUT2D eigenvalue weighted by atomic mass is 9.85. The second-order valence-corrected chi connectivity index (χ2v) is 9.61. The molecule has 1 fully saturated rings. The van der Waals surface area contributed by atoms with Crippen molar-refractivity contribution in [3.05, 3.63) is 46.7 Å². The number of carbonyl (C=O) groups is 2. The molecular weight excluding hydrogens is 504 g/mol. The Bertz CT molecular complexity index is 1380. The van der Waals surface area contributed by atoms with Crippen LogP contribution in [0.4, 0.5) is 17.6 Å². The SMILES string of the molecule is Cn1nnc(-c2c(F)cc(Cl)cc2-c2ccc3c(c2)OCC3CC(=O)C2(CC(=O)C(F)(F)F)CC2)n1. The number of fused-ring (bicyclic) bond motifs is 1.